The molecule has 0 amide bonds. The van der Waals surface area contributed by atoms with Crippen molar-refractivity contribution in [3.63, 3.8) is 0 Å². The van der Waals surface area contributed by atoms with Gasteiger partial charge in [0, 0.05) is 37.6 Å². The summed E-state index contributed by atoms with van der Waals surface area (Å²) in [6.07, 6.45) is -0.833. The Morgan fingerprint density at radius 3 is 0.318 bits per heavy atom. The van der Waals surface area contributed by atoms with Crippen LogP contribution in [0.15, 0.2) is 0 Å². The van der Waals surface area contributed by atoms with Crippen molar-refractivity contribution in [1.82, 2.24) is 0 Å². The first-order chi connectivity index (χ1) is 9.66. The minimum absolute atomic E-state index is 0.167. The van der Waals surface area contributed by atoms with Gasteiger partial charge in [0.05, 0.1) is 0 Å². The summed E-state index contributed by atoms with van der Waals surface area (Å²) in [5.74, 6) is 0. The largest absolute Gasteiger partial charge is 0.400 e. The summed E-state index contributed by atoms with van der Waals surface area (Å²) in [6.45, 7) is 17.2. The second kappa shape index (κ2) is 37.2. The van der Waals surface area contributed by atoms with Crippen LogP contribution in [0.4, 0.5) is 0 Å². The first kappa shape index (κ1) is 37.8. The number of aliphatic hydroxyl groups is 6. The lowest BCUT2D eigenvalue weighted by Gasteiger charge is -1.80. The van der Waals surface area contributed by atoms with E-state index in [1.165, 1.54) is 0 Å². The maximum Gasteiger partial charge on any atom is 0.0483 e. The van der Waals surface area contributed by atoms with Gasteiger partial charge in [-0.1, -0.05) is 0 Å². The van der Waals surface area contributed by atoms with Gasteiger partial charge >= 0.3 is 0 Å². The molecule has 0 radical (unpaired) electrons. The number of aliphatic hydroxyl groups excluding tert-OH is 6. The summed E-state index contributed by atoms with van der Waals surface area (Å²) in [6, 6.07) is 0. The second-order valence-electron chi connectivity index (χ2n) is 5.47. The molecule has 6 N–H and O–H groups in total. The predicted octanol–water partition coefficient (Wildman–Crippen LogP) is 1.54. The first-order valence-electron chi connectivity index (χ1n) is 7.51. The molecule has 0 unspecified atom stereocenters. The van der Waals surface area contributed by atoms with Crippen molar-refractivity contribution in [2.24, 2.45) is 0 Å². The zero-order chi connectivity index (χ0) is 19.9. The highest BCUT2D eigenvalue weighted by Gasteiger charge is 1.70. The van der Waals surface area contributed by atoms with Crippen LogP contribution in [0.5, 0.6) is 0 Å². The molecule has 0 rings (SSSR count). The number of hydrogen-bond acceptors (Lipinski definition) is 6. The van der Waals surface area contributed by atoms with Gasteiger partial charge in [-0.15, -0.1) is 0 Å². The molecule has 22 heavy (non-hydrogen) atoms. The van der Waals surface area contributed by atoms with E-state index >= 15 is 0 Å². The molecule has 6 heteroatoms. The fourth-order valence-corrected chi connectivity index (χ4v) is 0. The molecule has 0 aliphatic carbocycles. The van der Waals surface area contributed by atoms with Gasteiger partial charge in [-0.3, -0.25) is 0 Å². The Labute approximate surface area is 138 Å². The minimum atomic E-state index is -0.167. The fourth-order valence-electron chi connectivity index (χ4n) is 0. The highest BCUT2D eigenvalue weighted by Crippen LogP contribution is 1.66. The molecule has 144 valence electrons. The maximum atomic E-state index is 8.06. The van der Waals surface area contributed by atoms with Crippen LogP contribution in [0.2, 0.25) is 0 Å². The molecule has 0 aliphatic rings. The Morgan fingerprint density at radius 2 is 0.318 bits per heavy atom. The van der Waals surface area contributed by atoms with Crippen LogP contribution in [-0.2, 0) is 0 Å². The Kier molecular flexibility index (Phi) is 63.9. The number of rotatable bonds is 0. The third kappa shape index (κ3) is 121000. The van der Waals surface area contributed by atoms with E-state index in [0.29, 0.717) is 0 Å². The first-order valence-corrected chi connectivity index (χ1v) is 7.51. The van der Waals surface area contributed by atoms with Crippen LogP contribution in [-0.4, -0.2) is 68.3 Å². The van der Waals surface area contributed by atoms with Crippen LogP contribution in [0.25, 0.3) is 0 Å². The van der Waals surface area contributed by atoms with Gasteiger partial charge < -0.3 is 30.6 Å². The highest BCUT2D eigenvalue weighted by atomic mass is 16.3. The molecule has 0 aromatic carbocycles. The van der Waals surface area contributed by atoms with Crippen molar-refractivity contribution < 1.29 is 30.6 Å². The maximum absolute atomic E-state index is 8.06. The molecular formula is C16H44O6. The van der Waals surface area contributed by atoms with Crippen LogP contribution >= 0.6 is 0 Å². The van der Waals surface area contributed by atoms with Crippen molar-refractivity contribution in [3.05, 3.63) is 0 Å². The summed E-state index contributed by atoms with van der Waals surface area (Å²) >= 11 is 0. The van der Waals surface area contributed by atoms with E-state index < -0.39 is 0 Å². The third-order valence-corrected chi connectivity index (χ3v) is 0. The monoisotopic (exact) mass is 332 g/mol. The van der Waals surface area contributed by atoms with E-state index in [2.05, 4.69) is 0 Å². The van der Waals surface area contributed by atoms with Crippen molar-refractivity contribution in [2.75, 3.05) is 7.11 Å². The van der Waals surface area contributed by atoms with Crippen LogP contribution in [0.3, 0.4) is 0 Å². The standard InChI is InChI=1S/5C3H8O.CH4O/c5*1-3(2)4;1-2/h5*3-4H,1-2H3;2H,1H3. The highest BCUT2D eigenvalue weighted by molar-refractivity contribution is 4.22. The van der Waals surface area contributed by atoms with Crippen LogP contribution < -0.4 is 0 Å². The molecule has 0 spiro atoms. The van der Waals surface area contributed by atoms with Gasteiger partial charge in [0.1, 0.15) is 0 Å². The SMILES string of the molecule is CC(C)O.CC(C)O.CC(C)O.CC(C)O.CC(C)O.CO. The lowest BCUT2D eigenvalue weighted by molar-refractivity contribution is 0.215. The van der Waals surface area contributed by atoms with Gasteiger partial charge in [-0.05, 0) is 69.2 Å². The summed E-state index contributed by atoms with van der Waals surface area (Å²) < 4.78 is 0. The van der Waals surface area contributed by atoms with Gasteiger partial charge in [0.15, 0.2) is 0 Å². The van der Waals surface area contributed by atoms with E-state index in [4.69, 9.17) is 30.6 Å². The Balaban J connectivity index is -0.0000000353. The summed E-state index contributed by atoms with van der Waals surface area (Å²) in [5, 5.41) is 47.3. The Bertz CT molecular complexity index is 77.2. The normalized spacial score (nSPS) is 8.45. The molecule has 0 saturated carbocycles. The zero-order valence-electron chi connectivity index (χ0n) is 16.6. The number of hydrogen-bond donors (Lipinski definition) is 6. The van der Waals surface area contributed by atoms with Gasteiger partial charge in [0.25, 0.3) is 0 Å². The molecule has 0 aromatic heterocycles. The summed E-state index contributed by atoms with van der Waals surface area (Å²) in [5.41, 5.74) is 0. The van der Waals surface area contributed by atoms with E-state index in [-0.39, 0.29) is 30.5 Å². The lowest BCUT2D eigenvalue weighted by atomic mass is 10.5. The zero-order valence-corrected chi connectivity index (χ0v) is 16.6. The fraction of sp³-hybridized carbons (Fsp3) is 1.00. The molecule has 0 fully saturated rings. The molecule has 0 aromatic rings. The van der Waals surface area contributed by atoms with Crippen molar-refractivity contribution in [1.29, 1.82) is 0 Å². The quantitative estimate of drug-likeness (QED) is 0.400. The Hall–Kier alpha value is -0.240. The van der Waals surface area contributed by atoms with Crippen molar-refractivity contribution in [2.45, 2.75) is 99.8 Å². The van der Waals surface area contributed by atoms with Gasteiger partial charge in [-0.2, -0.15) is 0 Å². The molecule has 0 saturated heterocycles. The molecule has 0 bridgehead atoms. The topological polar surface area (TPSA) is 121 Å². The van der Waals surface area contributed by atoms with Crippen molar-refractivity contribution >= 4 is 0 Å². The molecular weight excluding hydrogens is 288 g/mol. The van der Waals surface area contributed by atoms with Gasteiger partial charge in [-0.25, -0.2) is 0 Å². The molecule has 6 nitrogen and oxygen atoms in total. The minimum Gasteiger partial charge on any atom is -0.400 e. The average Bonchev–Trinajstić information content (AvgIpc) is 2.14. The van der Waals surface area contributed by atoms with E-state index in [9.17, 15) is 0 Å². The average molecular weight is 333 g/mol. The van der Waals surface area contributed by atoms with Crippen LogP contribution in [0.1, 0.15) is 69.2 Å². The molecule has 0 aliphatic heterocycles. The second-order valence-corrected chi connectivity index (χ2v) is 5.47. The molecule has 0 atom stereocenters. The Morgan fingerprint density at radius 1 is 0.318 bits per heavy atom. The van der Waals surface area contributed by atoms with Crippen LogP contribution in [0, 0.1) is 0 Å². The molecule has 0 heterocycles. The lowest BCUT2D eigenvalue weighted by Crippen LogP contribution is -1.85. The summed E-state index contributed by atoms with van der Waals surface area (Å²) in [7, 11) is 1.00. The van der Waals surface area contributed by atoms with E-state index in [0.717, 1.165) is 7.11 Å². The van der Waals surface area contributed by atoms with E-state index in [1.54, 1.807) is 69.2 Å². The predicted molar refractivity (Wildman–Crippen MR) is 94.9 cm³/mol. The summed E-state index contributed by atoms with van der Waals surface area (Å²) in [4.78, 5) is 0. The smallest absolute Gasteiger partial charge is 0.0483 e. The van der Waals surface area contributed by atoms with Gasteiger partial charge in [0.2, 0.25) is 0 Å². The third-order valence-electron chi connectivity index (χ3n) is 0. The van der Waals surface area contributed by atoms with Crippen molar-refractivity contribution in [3.8, 4) is 0 Å². The van der Waals surface area contributed by atoms with E-state index in [1.807, 2.05) is 0 Å².